The summed E-state index contributed by atoms with van der Waals surface area (Å²) in [6, 6.07) is 8.25. The maximum absolute atomic E-state index is 12.3. The van der Waals surface area contributed by atoms with Gasteiger partial charge in [-0.15, -0.1) is 0 Å². The molecule has 0 saturated heterocycles. The first-order valence-corrected chi connectivity index (χ1v) is 7.11. The molecule has 3 nitrogen and oxygen atoms in total. The lowest BCUT2D eigenvalue weighted by atomic mass is 10.0. The molecule has 0 radical (unpaired) electrons. The molecule has 0 bridgehead atoms. The molecule has 1 heterocycles. The van der Waals surface area contributed by atoms with Crippen molar-refractivity contribution in [1.29, 1.82) is 0 Å². The lowest BCUT2D eigenvalue weighted by Crippen LogP contribution is -2.41. The van der Waals surface area contributed by atoms with Gasteiger partial charge in [-0.3, -0.25) is 4.79 Å². The maximum Gasteiger partial charge on any atom is 0.228 e. The third-order valence-corrected chi connectivity index (χ3v) is 3.41. The smallest absolute Gasteiger partial charge is 0.228 e. The van der Waals surface area contributed by atoms with Gasteiger partial charge in [0.05, 0.1) is 0 Å². The molecule has 0 saturated carbocycles. The van der Waals surface area contributed by atoms with Gasteiger partial charge in [-0.05, 0) is 45.2 Å². The third-order valence-electron chi connectivity index (χ3n) is 3.41. The molecule has 0 atom stereocenters. The summed E-state index contributed by atoms with van der Waals surface area (Å²) < 4.78 is 0. The normalized spacial score (nSPS) is 15.2. The standard InChI is InChI=1S/C16H24N2O/c1-16(2,3)17-11-10-15(19)18-12-6-8-13-7-4-5-9-14(13)18/h4-5,7,9,17H,6,8,10-12H2,1-3H3. The third kappa shape index (κ3) is 3.80. The van der Waals surface area contributed by atoms with Crippen LogP contribution in [0.15, 0.2) is 24.3 Å². The van der Waals surface area contributed by atoms with Crippen LogP contribution in [0.3, 0.4) is 0 Å². The van der Waals surface area contributed by atoms with Crippen LogP contribution < -0.4 is 10.2 Å². The van der Waals surface area contributed by atoms with E-state index >= 15 is 0 Å². The van der Waals surface area contributed by atoms with Gasteiger partial charge in [0.25, 0.3) is 0 Å². The Morgan fingerprint density at radius 1 is 1.32 bits per heavy atom. The van der Waals surface area contributed by atoms with Crippen LogP contribution in [0.4, 0.5) is 5.69 Å². The summed E-state index contributed by atoms with van der Waals surface area (Å²) in [7, 11) is 0. The van der Waals surface area contributed by atoms with Gasteiger partial charge in [0, 0.05) is 30.7 Å². The van der Waals surface area contributed by atoms with Crippen molar-refractivity contribution in [2.75, 3.05) is 18.0 Å². The van der Waals surface area contributed by atoms with E-state index in [-0.39, 0.29) is 11.4 Å². The molecular formula is C16H24N2O. The Balaban J connectivity index is 1.97. The first kappa shape index (κ1) is 14.1. The number of fused-ring (bicyclic) bond motifs is 1. The zero-order valence-electron chi connectivity index (χ0n) is 12.2. The van der Waals surface area contributed by atoms with Gasteiger partial charge in [0.15, 0.2) is 0 Å². The fourth-order valence-corrected chi connectivity index (χ4v) is 2.47. The Labute approximate surface area is 116 Å². The molecular weight excluding hydrogens is 236 g/mol. The predicted octanol–water partition coefficient (Wildman–Crippen LogP) is 2.74. The van der Waals surface area contributed by atoms with Crippen LogP contribution in [0.5, 0.6) is 0 Å². The predicted molar refractivity (Wildman–Crippen MR) is 79.5 cm³/mol. The first-order valence-electron chi connectivity index (χ1n) is 7.11. The van der Waals surface area contributed by atoms with Gasteiger partial charge in [-0.2, -0.15) is 0 Å². The lowest BCUT2D eigenvalue weighted by Gasteiger charge is -2.30. The van der Waals surface area contributed by atoms with Crippen molar-refractivity contribution in [2.45, 2.75) is 45.6 Å². The number of carbonyl (C=O) groups excluding carboxylic acids is 1. The minimum atomic E-state index is 0.0695. The highest BCUT2D eigenvalue weighted by atomic mass is 16.2. The average Bonchev–Trinajstić information content (AvgIpc) is 2.36. The second kappa shape index (κ2) is 5.74. The van der Waals surface area contributed by atoms with Crippen molar-refractivity contribution in [3.63, 3.8) is 0 Å². The quantitative estimate of drug-likeness (QED) is 0.906. The Bertz CT molecular complexity index is 448. The number of nitrogens with zero attached hydrogens (tertiary/aromatic N) is 1. The monoisotopic (exact) mass is 260 g/mol. The largest absolute Gasteiger partial charge is 0.312 e. The summed E-state index contributed by atoms with van der Waals surface area (Å²) in [5.74, 6) is 0.226. The molecule has 1 aliphatic heterocycles. The van der Waals surface area contributed by atoms with Crippen LogP contribution in [-0.2, 0) is 11.2 Å². The fourth-order valence-electron chi connectivity index (χ4n) is 2.47. The number of rotatable bonds is 3. The Morgan fingerprint density at radius 3 is 2.79 bits per heavy atom. The zero-order chi connectivity index (χ0) is 13.9. The summed E-state index contributed by atoms with van der Waals surface area (Å²) in [4.78, 5) is 14.3. The first-order chi connectivity index (χ1) is 8.97. The van der Waals surface area contributed by atoms with Crippen LogP contribution in [0.25, 0.3) is 0 Å². The van der Waals surface area contributed by atoms with Gasteiger partial charge in [-0.25, -0.2) is 0 Å². The highest BCUT2D eigenvalue weighted by Gasteiger charge is 2.21. The molecule has 1 aromatic rings. The molecule has 1 amide bonds. The molecule has 1 aliphatic rings. The van der Waals surface area contributed by atoms with Gasteiger partial charge >= 0.3 is 0 Å². The second-order valence-corrected chi connectivity index (χ2v) is 6.20. The Morgan fingerprint density at radius 2 is 2.05 bits per heavy atom. The highest BCUT2D eigenvalue weighted by molar-refractivity contribution is 5.94. The van der Waals surface area contributed by atoms with E-state index in [0.29, 0.717) is 6.42 Å². The molecule has 0 aliphatic carbocycles. The molecule has 104 valence electrons. The van der Waals surface area contributed by atoms with Gasteiger partial charge in [-0.1, -0.05) is 18.2 Å². The number of hydrogen-bond acceptors (Lipinski definition) is 2. The van der Waals surface area contributed by atoms with E-state index in [4.69, 9.17) is 0 Å². The fraction of sp³-hybridized carbons (Fsp3) is 0.562. The van der Waals surface area contributed by atoms with Crippen molar-refractivity contribution >= 4 is 11.6 Å². The van der Waals surface area contributed by atoms with Crippen molar-refractivity contribution in [3.8, 4) is 0 Å². The van der Waals surface area contributed by atoms with Crippen LogP contribution >= 0.6 is 0 Å². The van der Waals surface area contributed by atoms with Crippen LogP contribution in [0, 0.1) is 0 Å². The number of carbonyl (C=O) groups is 1. The van der Waals surface area contributed by atoms with Gasteiger partial charge < -0.3 is 10.2 Å². The molecule has 0 spiro atoms. The molecule has 1 N–H and O–H groups in total. The van der Waals surface area contributed by atoms with Crippen molar-refractivity contribution in [3.05, 3.63) is 29.8 Å². The minimum absolute atomic E-state index is 0.0695. The number of amides is 1. The van der Waals surface area contributed by atoms with E-state index in [1.54, 1.807) is 0 Å². The Kier molecular flexibility index (Phi) is 4.25. The van der Waals surface area contributed by atoms with Crippen LogP contribution in [-0.4, -0.2) is 24.5 Å². The molecule has 3 heteroatoms. The molecule has 0 aromatic heterocycles. The Hall–Kier alpha value is -1.35. The number of anilines is 1. The van der Waals surface area contributed by atoms with Gasteiger partial charge in [0.1, 0.15) is 0 Å². The number of para-hydroxylation sites is 1. The summed E-state index contributed by atoms with van der Waals surface area (Å²) in [6.07, 6.45) is 2.71. The molecule has 2 rings (SSSR count). The lowest BCUT2D eigenvalue weighted by molar-refractivity contribution is -0.118. The summed E-state index contributed by atoms with van der Waals surface area (Å²) in [6.45, 7) is 7.95. The second-order valence-electron chi connectivity index (χ2n) is 6.20. The van der Waals surface area contributed by atoms with Crippen molar-refractivity contribution in [2.24, 2.45) is 0 Å². The SMILES string of the molecule is CC(C)(C)NCCC(=O)N1CCCc2ccccc21. The van der Waals surface area contributed by atoms with E-state index in [1.165, 1.54) is 5.56 Å². The van der Waals surface area contributed by atoms with Crippen LogP contribution in [0.1, 0.15) is 39.2 Å². The number of hydrogen-bond donors (Lipinski definition) is 1. The van der Waals surface area contributed by atoms with E-state index in [2.05, 4.69) is 38.2 Å². The average molecular weight is 260 g/mol. The summed E-state index contributed by atoms with van der Waals surface area (Å²) >= 11 is 0. The van der Waals surface area contributed by atoms with E-state index in [1.807, 2.05) is 17.0 Å². The summed E-state index contributed by atoms with van der Waals surface area (Å²) in [5.41, 5.74) is 2.47. The number of aryl methyl sites for hydroxylation is 1. The van der Waals surface area contributed by atoms with Crippen LogP contribution in [0.2, 0.25) is 0 Å². The van der Waals surface area contributed by atoms with E-state index < -0.39 is 0 Å². The van der Waals surface area contributed by atoms with Crippen molar-refractivity contribution in [1.82, 2.24) is 5.32 Å². The molecule has 0 fully saturated rings. The van der Waals surface area contributed by atoms with E-state index in [0.717, 1.165) is 31.6 Å². The molecule has 19 heavy (non-hydrogen) atoms. The zero-order valence-corrected chi connectivity index (χ0v) is 12.2. The maximum atomic E-state index is 12.3. The molecule has 0 unspecified atom stereocenters. The molecule has 1 aromatic carbocycles. The van der Waals surface area contributed by atoms with E-state index in [9.17, 15) is 4.79 Å². The van der Waals surface area contributed by atoms with Crippen molar-refractivity contribution < 1.29 is 4.79 Å². The topological polar surface area (TPSA) is 32.3 Å². The number of nitrogens with one attached hydrogen (secondary N) is 1. The number of benzene rings is 1. The summed E-state index contributed by atoms with van der Waals surface area (Å²) in [5, 5.41) is 3.37. The minimum Gasteiger partial charge on any atom is -0.312 e. The van der Waals surface area contributed by atoms with Gasteiger partial charge in [0.2, 0.25) is 5.91 Å². The highest BCUT2D eigenvalue weighted by Crippen LogP contribution is 2.27.